The molecule has 3 nitrogen and oxygen atoms in total. The van der Waals surface area contributed by atoms with Crippen LogP contribution >= 0.6 is 15.9 Å². The summed E-state index contributed by atoms with van der Waals surface area (Å²) in [5, 5.41) is 2.68. The molecule has 0 N–H and O–H groups in total. The highest BCUT2D eigenvalue weighted by Crippen LogP contribution is 2.25. The summed E-state index contributed by atoms with van der Waals surface area (Å²) in [6.45, 7) is 0. The van der Waals surface area contributed by atoms with Gasteiger partial charge in [-0.25, -0.2) is 0 Å². The van der Waals surface area contributed by atoms with Gasteiger partial charge in [0, 0.05) is 22.1 Å². The average Bonchev–Trinajstić information content (AvgIpc) is 2.54. The van der Waals surface area contributed by atoms with E-state index >= 15 is 0 Å². The number of benzene rings is 2. The second kappa shape index (κ2) is 5.07. The molecular weight excluding hydrogens is 342 g/mol. The molecule has 0 bridgehead atoms. The smallest absolute Gasteiger partial charge is 0.193 e. The van der Waals surface area contributed by atoms with Crippen molar-refractivity contribution in [2.45, 2.75) is 0 Å². The molecule has 0 radical (unpaired) electrons. The Labute approximate surface area is 134 Å². The number of hydrogen-bond donors (Lipinski definition) is 0. The van der Waals surface area contributed by atoms with Crippen LogP contribution in [0.5, 0.6) is 0 Å². The highest BCUT2D eigenvalue weighted by molar-refractivity contribution is 9.10. The number of aromatic nitrogens is 1. The van der Waals surface area contributed by atoms with E-state index in [1.54, 1.807) is 18.3 Å². The zero-order chi connectivity index (χ0) is 15.1. The predicted octanol–water partition coefficient (Wildman–Crippen LogP) is 4.77. The van der Waals surface area contributed by atoms with Crippen molar-refractivity contribution in [2.24, 2.45) is 0 Å². The Bertz CT molecular complexity index is 1070. The maximum absolute atomic E-state index is 12.2. The van der Waals surface area contributed by atoms with Crippen LogP contribution in [0.1, 0.15) is 0 Å². The molecule has 0 fully saturated rings. The number of fused-ring (bicyclic) bond motifs is 2. The van der Waals surface area contributed by atoms with Crippen molar-refractivity contribution >= 4 is 37.7 Å². The van der Waals surface area contributed by atoms with Crippen molar-refractivity contribution in [3.8, 4) is 11.5 Å². The minimum atomic E-state index is -0.0706. The van der Waals surface area contributed by atoms with E-state index in [9.17, 15) is 4.79 Å². The molecule has 0 amide bonds. The molecule has 4 heteroatoms. The Morgan fingerprint density at radius 1 is 0.955 bits per heavy atom. The summed E-state index contributed by atoms with van der Waals surface area (Å²) in [6, 6.07) is 16.7. The van der Waals surface area contributed by atoms with Crippen LogP contribution in [0.15, 0.2) is 74.5 Å². The summed E-state index contributed by atoms with van der Waals surface area (Å²) in [6.07, 6.45) is 1.79. The van der Waals surface area contributed by atoms with E-state index in [1.807, 2.05) is 36.4 Å². The molecule has 2 aromatic heterocycles. The molecule has 0 saturated carbocycles. The lowest BCUT2D eigenvalue weighted by atomic mass is 10.1. The fourth-order valence-electron chi connectivity index (χ4n) is 2.47. The normalized spacial score (nSPS) is 11.1. The van der Waals surface area contributed by atoms with Crippen molar-refractivity contribution in [1.82, 2.24) is 4.98 Å². The van der Waals surface area contributed by atoms with E-state index in [2.05, 4.69) is 20.9 Å². The fraction of sp³-hybridized carbons (Fsp3) is 0. The minimum absolute atomic E-state index is 0.0706. The summed E-state index contributed by atoms with van der Waals surface area (Å²) in [7, 11) is 0. The van der Waals surface area contributed by atoms with Gasteiger partial charge < -0.3 is 4.42 Å². The van der Waals surface area contributed by atoms with E-state index in [4.69, 9.17) is 4.42 Å². The Morgan fingerprint density at radius 3 is 2.64 bits per heavy atom. The van der Waals surface area contributed by atoms with Gasteiger partial charge in [-0.05, 0) is 29.7 Å². The van der Waals surface area contributed by atoms with Gasteiger partial charge in [0.25, 0.3) is 0 Å². The topological polar surface area (TPSA) is 43.1 Å². The largest absolute Gasteiger partial charge is 0.454 e. The fourth-order valence-corrected chi connectivity index (χ4v) is 2.81. The molecule has 22 heavy (non-hydrogen) atoms. The Balaban J connectivity index is 1.97. The van der Waals surface area contributed by atoms with Crippen LogP contribution < -0.4 is 5.43 Å². The van der Waals surface area contributed by atoms with Crippen LogP contribution in [0.2, 0.25) is 0 Å². The maximum atomic E-state index is 12.2. The van der Waals surface area contributed by atoms with Gasteiger partial charge in [0.2, 0.25) is 0 Å². The molecule has 0 spiro atoms. The monoisotopic (exact) mass is 351 g/mol. The lowest BCUT2D eigenvalue weighted by molar-refractivity contribution is 0.616. The van der Waals surface area contributed by atoms with Crippen LogP contribution in [0, 0.1) is 0 Å². The lowest BCUT2D eigenvalue weighted by Crippen LogP contribution is -2.00. The zero-order valence-electron chi connectivity index (χ0n) is 11.4. The molecule has 4 aromatic rings. The highest BCUT2D eigenvalue weighted by atomic mass is 79.9. The van der Waals surface area contributed by atoms with Crippen molar-refractivity contribution in [2.75, 3.05) is 0 Å². The first-order valence-electron chi connectivity index (χ1n) is 6.79. The van der Waals surface area contributed by atoms with Gasteiger partial charge >= 0.3 is 0 Å². The molecule has 2 aromatic carbocycles. The van der Waals surface area contributed by atoms with Crippen LogP contribution in [0.4, 0.5) is 0 Å². The molecule has 4 rings (SSSR count). The molecule has 0 atom stereocenters. The molecule has 106 valence electrons. The SMILES string of the molecule is O=c1cc(-c2cc3ccccc3cn2)oc2cc(Br)ccc12. The van der Waals surface area contributed by atoms with Gasteiger partial charge in [-0.1, -0.05) is 40.2 Å². The van der Waals surface area contributed by atoms with Gasteiger partial charge in [-0.15, -0.1) is 0 Å². The van der Waals surface area contributed by atoms with Gasteiger partial charge in [0.05, 0.1) is 5.39 Å². The van der Waals surface area contributed by atoms with Crippen molar-refractivity contribution < 1.29 is 4.42 Å². The Morgan fingerprint density at radius 2 is 1.77 bits per heavy atom. The van der Waals surface area contributed by atoms with Gasteiger partial charge in [-0.2, -0.15) is 0 Å². The van der Waals surface area contributed by atoms with E-state index in [0.717, 1.165) is 15.2 Å². The van der Waals surface area contributed by atoms with Gasteiger partial charge in [0.15, 0.2) is 11.2 Å². The Kier molecular flexibility index (Phi) is 3.05. The summed E-state index contributed by atoms with van der Waals surface area (Å²) >= 11 is 3.39. The van der Waals surface area contributed by atoms with E-state index < -0.39 is 0 Å². The first kappa shape index (κ1) is 13.2. The predicted molar refractivity (Wildman–Crippen MR) is 90.9 cm³/mol. The number of rotatable bonds is 1. The van der Waals surface area contributed by atoms with Crippen LogP contribution in [0.3, 0.4) is 0 Å². The van der Waals surface area contributed by atoms with Crippen LogP contribution in [-0.4, -0.2) is 4.98 Å². The second-order valence-electron chi connectivity index (χ2n) is 5.03. The molecular formula is C18H10BrNO2. The quantitative estimate of drug-likeness (QED) is 0.496. The molecule has 0 aliphatic rings. The van der Waals surface area contributed by atoms with Crippen molar-refractivity contribution in [3.63, 3.8) is 0 Å². The molecule has 0 unspecified atom stereocenters. The van der Waals surface area contributed by atoms with Crippen molar-refractivity contribution in [3.05, 3.63) is 75.5 Å². The maximum Gasteiger partial charge on any atom is 0.193 e. The third kappa shape index (κ3) is 2.22. The van der Waals surface area contributed by atoms with Crippen molar-refractivity contribution in [1.29, 1.82) is 0 Å². The third-order valence-electron chi connectivity index (χ3n) is 3.57. The highest BCUT2D eigenvalue weighted by Gasteiger charge is 2.09. The molecule has 0 aliphatic carbocycles. The van der Waals surface area contributed by atoms with Crippen LogP contribution in [-0.2, 0) is 0 Å². The Hall–Kier alpha value is -2.46. The van der Waals surface area contributed by atoms with Gasteiger partial charge in [-0.3, -0.25) is 9.78 Å². The third-order valence-corrected chi connectivity index (χ3v) is 4.07. The number of pyridine rings is 1. The number of halogens is 1. The summed E-state index contributed by atoms with van der Waals surface area (Å²) in [5.74, 6) is 0.473. The number of nitrogens with zero attached hydrogens (tertiary/aromatic N) is 1. The van der Waals surface area contributed by atoms with E-state index in [1.165, 1.54) is 6.07 Å². The standard InChI is InChI=1S/C18H10BrNO2/c19-13-5-6-14-16(21)9-18(22-17(14)8-13)15-7-11-3-1-2-4-12(11)10-20-15/h1-10H. The van der Waals surface area contributed by atoms with E-state index in [0.29, 0.717) is 22.4 Å². The first-order valence-corrected chi connectivity index (χ1v) is 7.58. The summed E-state index contributed by atoms with van der Waals surface area (Å²) < 4.78 is 6.73. The summed E-state index contributed by atoms with van der Waals surface area (Å²) in [4.78, 5) is 16.6. The lowest BCUT2D eigenvalue weighted by Gasteiger charge is -2.04. The molecule has 2 heterocycles. The second-order valence-corrected chi connectivity index (χ2v) is 5.95. The average molecular weight is 352 g/mol. The first-order chi connectivity index (χ1) is 10.7. The van der Waals surface area contributed by atoms with Gasteiger partial charge in [0.1, 0.15) is 11.3 Å². The van der Waals surface area contributed by atoms with E-state index in [-0.39, 0.29) is 5.43 Å². The minimum Gasteiger partial charge on any atom is -0.454 e. The zero-order valence-corrected chi connectivity index (χ0v) is 13.0. The molecule has 0 saturated heterocycles. The molecule has 0 aliphatic heterocycles. The summed E-state index contributed by atoms with van der Waals surface area (Å²) in [5.41, 5.74) is 1.13. The van der Waals surface area contributed by atoms with Crippen LogP contribution in [0.25, 0.3) is 33.2 Å². The number of hydrogen-bond acceptors (Lipinski definition) is 3.